The van der Waals surface area contributed by atoms with Crippen molar-refractivity contribution in [1.82, 2.24) is 60.0 Å². The summed E-state index contributed by atoms with van der Waals surface area (Å²) in [6.45, 7) is -1.78. The van der Waals surface area contributed by atoms with Crippen LogP contribution in [0.15, 0.2) is 24.8 Å². The van der Waals surface area contributed by atoms with E-state index in [9.17, 15) is 71.5 Å². The van der Waals surface area contributed by atoms with Crippen LogP contribution in [0.1, 0.15) is 59.9 Å². The number of aliphatic hydroxyl groups is 14. The van der Waals surface area contributed by atoms with Crippen LogP contribution in [0.2, 0.25) is 0 Å². The van der Waals surface area contributed by atoms with Crippen molar-refractivity contribution in [3.8, 4) is 0 Å². The van der Waals surface area contributed by atoms with Gasteiger partial charge in [0.2, 0.25) is 0 Å². The summed E-state index contributed by atoms with van der Waals surface area (Å²) in [6, 6.07) is -2.35. The van der Waals surface area contributed by atoms with Crippen molar-refractivity contribution >= 4 is 0 Å². The third-order valence-corrected chi connectivity index (χ3v) is 13.2. The summed E-state index contributed by atoms with van der Waals surface area (Å²) in [5, 5.41) is 178. The Morgan fingerprint density at radius 1 is 0.417 bits per heavy atom. The molecular formula is C40H62N12O20. The van der Waals surface area contributed by atoms with Crippen LogP contribution in [0.5, 0.6) is 0 Å². The highest BCUT2D eigenvalue weighted by molar-refractivity contribution is 5.11. The van der Waals surface area contributed by atoms with Gasteiger partial charge >= 0.3 is 0 Å². The molecule has 4 aliphatic heterocycles. The second-order valence-electron chi connectivity index (χ2n) is 18.0. The first-order valence-corrected chi connectivity index (χ1v) is 23.4. The van der Waals surface area contributed by atoms with Crippen LogP contribution in [-0.2, 0) is 54.4 Å². The fourth-order valence-electron chi connectivity index (χ4n) is 9.12. The zero-order valence-electron chi connectivity index (χ0n) is 38.4. The molecule has 8 rings (SSSR count). The first-order valence-electron chi connectivity index (χ1n) is 23.4. The zero-order chi connectivity index (χ0) is 51.4. The van der Waals surface area contributed by atoms with Crippen LogP contribution >= 0.6 is 0 Å². The highest BCUT2D eigenvalue weighted by atomic mass is 16.7. The number of aromatic nitrogens is 12. The summed E-state index contributed by atoms with van der Waals surface area (Å²) in [5.74, 6) is 0. The molecular weight excluding hydrogens is 969 g/mol. The van der Waals surface area contributed by atoms with Crippen molar-refractivity contribution in [2.75, 3.05) is 39.6 Å². The van der Waals surface area contributed by atoms with Gasteiger partial charge in [-0.1, -0.05) is 20.9 Å². The van der Waals surface area contributed by atoms with Crippen molar-refractivity contribution in [1.29, 1.82) is 0 Å². The van der Waals surface area contributed by atoms with Crippen LogP contribution < -0.4 is 0 Å². The Kier molecular flexibility index (Phi) is 18.0. The minimum atomic E-state index is -1.66. The number of ether oxygens (including phenoxy) is 6. The van der Waals surface area contributed by atoms with E-state index in [0.29, 0.717) is 37.2 Å². The third-order valence-electron chi connectivity index (χ3n) is 13.2. The first-order chi connectivity index (χ1) is 34.6. The van der Waals surface area contributed by atoms with Gasteiger partial charge in [0.1, 0.15) is 121 Å². The Morgan fingerprint density at radius 3 is 1.35 bits per heavy atom. The standard InChI is InChI=1S/C40H62N12O20/c53-13-21-25(51-10-18(42-47-51)4-2-8-68-40-36(66)32(62)28(58)24(16-56)72-40)29(59)34(64)38(70-21)20-12-52(48-44-20)26-22(14-54)69-37(33(63)30(26)60)19-11-50(46-43-19)6-5-49-9-17(41-45-49)3-1-7-67-39-35(65)31(61)27(57)23(15-55)71-39/h9-12,21-40,53-66H,1-8,13-16H2/t21-,22-,23-,24-,25-,26-,27-,28-,29+,30+,31+,32+,33-,34-,35-,36-,37+,38+,39-,40-/m1/s1. The molecule has 0 aromatic carbocycles. The number of aryl methyl sites for hydroxylation is 4. The molecule has 14 N–H and O–H groups in total. The van der Waals surface area contributed by atoms with E-state index in [1.165, 1.54) is 28.0 Å². The van der Waals surface area contributed by atoms with Gasteiger partial charge < -0.3 is 99.9 Å². The average Bonchev–Trinajstić information content (AvgIpc) is 4.24. The van der Waals surface area contributed by atoms with E-state index >= 15 is 0 Å². The fourth-order valence-corrected chi connectivity index (χ4v) is 9.12. The summed E-state index contributed by atoms with van der Waals surface area (Å²) in [5.41, 5.74) is 1.17. The van der Waals surface area contributed by atoms with Crippen LogP contribution in [-0.4, -0.2) is 269 Å². The molecule has 0 radical (unpaired) electrons. The van der Waals surface area contributed by atoms with Gasteiger partial charge in [-0.05, 0) is 25.7 Å². The van der Waals surface area contributed by atoms with Gasteiger partial charge in [-0.25, -0.2) is 9.36 Å². The maximum absolute atomic E-state index is 11.4. The molecule has 32 heteroatoms. The van der Waals surface area contributed by atoms with E-state index in [-0.39, 0.29) is 37.6 Å². The van der Waals surface area contributed by atoms with E-state index < -0.39 is 149 Å². The summed E-state index contributed by atoms with van der Waals surface area (Å²) >= 11 is 0. The molecule has 0 saturated carbocycles. The molecule has 0 aliphatic carbocycles. The molecule has 0 amide bonds. The molecule has 4 aliphatic rings. The number of hydrogen-bond donors (Lipinski definition) is 14. The van der Waals surface area contributed by atoms with Crippen molar-refractivity contribution < 1.29 is 99.9 Å². The molecule has 32 nitrogen and oxygen atoms in total. The van der Waals surface area contributed by atoms with Crippen LogP contribution in [0.4, 0.5) is 0 Å². The minimum Gasteiger partial charge on any atom is -0.394 e. The number of aliphatic hydroxyl groups excluding tert-OH is 14. The maximum Gasteiger partial charge on any atom is 0.186 e. The van der Waals surface area contributed by atoms with Crippen molar-refractivity contribution in [3.05, 3.63) is 47.6 Å². The molecule has 20 atom stereocenters. The molecule has 0 bridgehead atoms. The van der Waals surface area contributed by atoms with Crippen molar-refractivity contribution in [2.45, 2.75) is 161 Å². The lowest BCUT2D eigenvalue weighted by molar-refractivity contribution is -0.301. The Balaban J connectivity index is 0.812. The molecule has 4 aromatic rings. The maximum atomic E-state index is 11.4. The lowest BCUT2D eigenvalue weighted by Crippen LogP contribution is -2.59. The topological polar surface area (TPSA) is 461 Å². The van der Waals surface area contributed by atoms with Crippen molar-refractivity contribution in [2.24, 2.45) is 0 Å². The molecule has 4 fully saturated rings. The average molecular weight is 1030 g/mol. The lowest BCUT2D eigenvalue weighted by Gasteiger charge is -2.42. The lowest BCUT2D eigenvalue weighted by atomic mass is 9.91. The summed E-state index contributed by atoms with van der Waals surface area (Å²) < 4.78 is 39.2. The van der Waals surface area contributed by atoms with E-state index in [4.69, 9.17) is 28.4 Å². The zero-order valence-corrected chi connectivity index (χ0v) is 38.4. The van der Waals surface area contributed by atoms with Gasteiger partial charge in [0.15, 0.2) is 12.6 Å². The van der Waals surface area contributed by atoms with Gasteiger partial charge in [-0.2, -0.15) is 0 Å². The molecule has 72 heavy (non-hydrogen) atoms. The molecule has 8 heterocycles. The number of rotatable bonds is 21. The smallest absolute Gasteiger partial charge is 0.186 e. The van der Waals surface area contributed by atoms with Crippen molar-refractivity contribution in [3.63, 3.8) is 0 Å². The second kappa shape index (κ2) is 24.0. The van der Waals surface area contributed by atoms with E-state index in [1.807, 2.05) is 0 Å². The van der Waals surface area contributed by atoms with Gasteiger partial charge in [-0.15, -0.1) is 20.4 Å². The predicted molar refractivity (Wildman–Crippen MR) is 228 cm³/mol. The van der Waals surface area contributed by atoms with Crippen LogP contribution in [0, 0.1) is 0 Å². The highest BCUT2D eigenvalue weighted by Crippen LogP contribution is 2.40. The first kappa shape index (κ1) is 54.0. The Hall–Kier alpha value is -4.24. The second-order valence-corrected chi connectivity index (χ2v) is 18.0. The number of hydrogen-bond acceptors (Lipinski definition) is 28. The van der Waals surface area contributed by atoms with Crippen LogP contribution in [0.3, 0.4) is 0 Å². The minimum absolute atomic E-state index is 0.0112. The molecule has 4 saturated heterocycles. The summed E-state index contributed by atoms with van der Waals surface area (Å²) in [7, 11) is 0. The van der Waals surface area contributed by atoms with E-state index in [0.717, 1.165) is 4.68 Å². The fraction of sp³-hybridized carbons (Fsp3) is 0.800. The normalized spacial score (nSPS) is 37.6. The van der Waals surface area contributed by atoms with E-state index in [2.05, 4.69) is 41.2 Å². The number of nitrogens with zero attached hydrogens (tertiary/aromatic N) is 12. The van der Waals surface area contributed by atoms with Gasteiger partial charge in [-0.3, -0.25) is 9.36 Å². The molecule has 0 unspecified atom stereocenters. The molecule has 0 spiro atoms. The Morgan fingerprint density at radius 2 is 0.833 bits per heavy atom. The van der Waals surface area contributed by atoms with Crippen LogP contribution in [0.25, 0.3) is 0 Å². The quantitative estimate of drug-likeness (QED) is 0.0345. The summed E-state index contributed by atoms with van der Waals surface area (Å²) in [6.07, 6.45) is -17.9. The largest absolute Gasteiger partial charge is 0.394 e. The highest BCUT2D eigenvalue weighted by Gasteiger charge is 2.51. The summed E-state index contributed by atoms with van der Waals surface area (Å²) in [4.78, 5) is 0. The predicted octanol–water partition coefficient (Wildman–Crippen LogP) is -8.96. The Labute approximate surface area is 407 Å². The van der Waals surface area contributed by atoms with Gasteiger partial charge in [0.05, 0.1) is 76.5 Å². The molecule has 4 aromatic heterocycles. The molecule has 402 valence electrons. The Bertz CT molecular complexity index is 2280. The van der Waals surface area contributed by atoms with E-state index in [1.54, 1.807) is 10.9 Å². The SMILES string of the molecule is OC[C@H]1O[C@@H](OCCCc2cn(CCn3cc([C@@H]4O[C@H](CO)[C@@H](n5cc([C@@H]6O[C@H](CO)[C@@H](n7cc(CCCO[C@@H]8O[C@H](CO)[C@@H](O)[C@H](O)[C@H]8O)nn7)[C@H](O)[C@H]6O)nn5)[C@H](O)[C@H]4O)nn3)nn2)[C@H](O)[C@@H](O)[C@@H]1O. The van der Waals surface area contributed by atoms with Gasteiger partial charge in [0, 0.05) is 12.4 Å². The monoisotopic (exact) mass is 1030 g/mol. The third kappa shape index (κ3) is 11.5. The van der Waals surface area contributed by atoms with Gasteiger partial charge in [0.25, 0.3) is 0 Å².